The van der Waals surface area contributed by atoms with Crippen molar-refractivity contribution in [3.63, 3.8) is 0 Å². The number of hydrazone groups is 1. The quantitative estimate of drug-likeness (QED) is 0.426. The molecular weight excluding hydrogens is 312 g/mol. The third-order valence-corrected chi connectivity index (χ3v) is 3.89. The van der Waals surface area contributed by atoms with Gasteiger partial charge in [0.2, 0.25) is 0 Å². The average Bonchev–Trinajstić information content (AvgIpc) is 3.00. The van der Waals surface area contributed by atoms with E-state index in [2.05, 4.69) is 23.5 Å². The van der Waals surface area contributed by atoms with E-state index in [1.165, 1.54) is 17.7 Å². The molecule has 0 bridgehead atoms. The molecule has 1 aliphatic carbocycles. The van der Waals surface area contributed by atoms with Gasteiger partial charge < -0.3 is 0 Å². The lowest BCUT2D eigenvalue weighted by molar-refractivity contribution is -0.393. The number of nitro benzene ring substituents is 2. The van der Waals surface area contributed by atoms with Gasteiger partial charge in [0, 0.05) is 6.07 Å². The molecule has 1 aliphatic rings. The van der Waals surface area contributed by atoms with Gasteiger partial charge in [0.25, 0.3) is 5.69 Å². The van der Waals surface area contributed by atoms with Crippen molar-refractivity contribution >= 4 is 22.8 Å². The Balaban J connectivity index is 2.14. The van der Waals surface area contributed by atoms with Gasteiger partial charge in [0.05, 0.1) is 21.6 Å². The van der Waals surface area contributed by atoms with Crippen molar-refractivity contribution in [3.05, 3.63) is 50.1 Å². The van der Waals surface area contributed by atoms with E-state index in [0.29, 0.717) is 0 Å². The van der Waals surface area contributed by atoms with Crippen LogP contribution in [0.5, 0.6) is 0 Å². The molecule has 128 valence electrons. The summed E-state index contributed by atoms with van der Waals surface area (Å²) in [5.41, 5.74) is 4.26. The molecule has 0 aromatic heterocycles. The minimum Gasteiger partial charge on any atom is -0.271 e. The van der Waals surface area contributed by atoms with Gasteiger partial charge >= 0.3 is 5.69 Å². The summed E-state index contributed by atoms with van der Waals surface area (Å²) >= 11 is 0. The molecule has 1 aromatic carbocycles. The van der Waals surface area contributed by atoms with Gasteiger partial charge in [-0.1, -0.05) is 25.8 Å². The predicted molar refractivity (Wildman–Crippen MR) is 92.3 cm³/mol. The highest BCUT2D eigenvalue weighted by molar-refractivity contribution is 6.02. The summed E-state index contributed by atoms with van der Waals surface area (Å²) in [4.78, 5) is 20.6. The van der Waals surface area contributed by atoms with Crippen LogP contribution in [0.15, 0.2) is 34.9 Å². The van der Waals surface area contributed by atoms with Gasteiger partial charge in [-0.25, -0.2) is 0 Å². The minimum atomic E-state index is -0.659. The maximum Gasteiger partial charge on any atom is 0.301 e. The second kappa shape index (κ2) is 8.19. The normalized spacial score (nSPS) is 15.4. The van der Waals surface area contributed by atoms with Crippen molar-refractivity contribution < 1.29 is 9.85 Å². The number of nitro groups is 2. The largest absolute Gasteiger partial charge is 0.301 e. The predicted octanol–water partition coefficient (Wildman–Crippen LogP) is 4.57. The summed E-state index contributed by atoms with van der Waals surface area (Å²) in [5, 5.41) is 26.2. The van der Waals surface area contributed by atoms with Crippen molar-refractivity contribution in [2.45, 2.75) is 45.4 Å². The average molecular weight is 332 g/mol. The van der Waals surface area contributed by atoms with Crippen LogP contribution in [0.1, 0.15) is 45.4 Å². The van der Waals surface area contributed by atoms with Gasteiger partial charge in [0.1, 0.15) is 5.69 Å². The van der Waals surface area contributed by atoms with Crippen LogP contribution in [0.25, 0.3) is 0 Å². The minimum absolute atomic E-state index is 0.151. The molecule has 0 spiro atoms. The first kappa shape index (κ1) is 17.6. The number of allylic oxidation sites excluding steroid dienone is 2. The maximum absolute atomic E-state index is 11.1. The Morgan fingerprint density at radius 3 is 2.67 bits per heavy atom. The van der Waals surface area contributed by atoms with E-state index >= 15 is 0 Å². The molecule has 0 atom stereocenters. The summed E-state index contributed by atoms with van der Waals surface area (Å²) in [6.45, 7) is 2.15. The summed E-state index contributed by atoms with van der Waals surface area (Å²) < 4.78 is 0. The summed E-state index contributed by atoms with van der Waals surface area (Å²) in [6.07, 6.45) is 8.23. The number of hydrogen-bond acceptors (Lipinski definition) is 6. The van der Waals surface area contributed by atoms with Crippen molar-refractivity contribution in [2.24, 2.45) is 5.10 Å². The highest BCUT2D eigenvalue weighted by atomic mass is 16.6. The van der Waals surface area contributed by atoms with E-state index in [0.717, 1.165) is 50.3 Å². The van der Waals surface area contributed by atoms with Crippen molar-refractivity contribution in [1.82, 2.24) is 0 Å². The first-order valence-corrected chi connectivity index (χ1v) is 7.97. The lowest BCUT2D eigenvalue weighted by Crippen LogP contribution is -2.04. The molecule has 0 saturated heterocycles. The van der Waals surface area contributed by atoms with Crippen LogP contribution in [0, 0.1) is 20.2 Å². The second-order valence-electron chi connectivity index (χ2n) is 5.61. The SMILES string of the molecule is CCCCCC1=CCC/C1=N\Nc1ccc([N+](=O)[O-])cc1[N+](=O)[O-]. The van der Waals surface area contributed by atoms with Crippen LogP contribution in [0.3, 0.4) is 0 Å². The molecule has 0 aliphatic heterocycles. The zero-order valence-corrected chi connectivity index (χ0v) is 13.5. The van der Waals surface area contributed by atoms with Gasteiger partial charge in [0.15, 0.2) is 0 Å². The zero-order chi connectivity index (χ0) is 17.5. The van der Waals surface area contributed by atoms with E-state index in [1.807, 2.05) is 0 Å². The fourth-order valence-electron chi connectivity index (χ4n) is 2.61. The summed E-state index contributed by atoms with van der Waals surface area (Å²) in [5.74, 6) is 0. The Labute approximate surface area is 139 Å². The maximum atomic E-state index is 11.1. The first-order chi connectivity index (χ1) is 11.5. The zero-order valence-electron chi connectivity index (χ0n) is 13.5. The van der Waals surface area contributed by atoms with Crippen LogP contribution in [0.2, 0.25) is 0 Å². The fourth-order valence-corrected chi connectivity index (χ4v) is 2.61. The Morgan fingerprint density at radius 1 is 1.21 bits per heavy atom. The molecule has 0 unspecified atom stereocenters. The number of non-ortho nitro benzene ring substituents is 1. The number of nitrogens with zero attached hydrogens (tertiary/aromatic N) is 3. The molecule has 24 heavy (non-hydrogen) atoms. The van der Waals surface area contributed by atoms with E-state index in [4.69, 9.17) is 0 Å². The fraction of sp³-hybridized carbons (Fsp3) is 0.438. The van der Waals surface area contributed by atoms with Crippen LogP contribution in [-0.4, -0.2) is 15.6 Å². The van der Waals surface area contributed by atoms with Gasteiger partial charge in [-0.15, -0.1) is 0 Å². The molecule has 0 amide bonds. The van der Waals surface area contributed by atoms with Crippen LogP contribution in [-0.2, 0) is 0 Å². The number of benzene rings is 1. The third-order valence-electron chi connectivity index (χ3n) is 3.89. The van der Waals surface area contributed by atoms with E-state index in [-0.39, 0.29) is 17.1 Å². The standard InChI is InChI=1S/C16H20N4O4/c1-2-3-4-6-12-7-5-8-14(12)17-18-15-10-9-13(19(21)22)11-16(15)20(23)24/h7,9-11,18H,2-6,8H2,1H3/b17-14+. The number of nitrogens with one attached hydrogen (secondary N) is 1. The van der Waals surface area contributed by atoms with Crippen molar-refractivity contribution in [1.29, 1.82) is 0 Å². The molecule has 0 heterocycles. The van der Waals surface area contributed by atoms with Crippen LogP contribution >= 0.6 is 0 Å². The molecule has 1 N–H and O–H groups in total. The Hall–Kier alpha value is -2.77. The Morgan fingerprint density at radius 2 is 2.00 bits per heavy atom. The lowest BCUT2D eigenvalue weighted by atomic mass is 10.1. The summed E-state index contributed by atoms with van der Waals surface area (Å²) in [7, 11) is 0. The molecule has 8 heteroatoms. The highest BCUT2D eigenvalue weighted by Crippen LogP contribution is 2.29. The first-order valence-electron chi connectivity index (χ1n) is 7.97. The van der Waals surface area contributed by atoms with Gasteiger partial charge in [-0.2, -0.15) is 5.10 Å². The molecule has 2 rings (SSSR count). The summed E-state index contributed by atoms with van der Waals surface area (Å²) in [6, 6.07) is 3.48. The number of rotatable bonds is 8. The van der Waals surface area contributed by atoms with Crippen LogP contribution in [0.4, 0.5) is 17.1 Å². The highest BCUT2D eigenvalue weighted by Gasteiger charge is 2.20. The molecule has 0 fully saturated rings. The Bertz CT molecular complexity index is 697. The molecular formula is C16H20N4O4. The van der Waals surface area contributed by atoms with Crippen molar-refractivity contribution in [2.75, 3.05) is 5.43 Å². The van der Waals surface area contributed by atoms with E-state index in [9.17, 15) is 20.2 Å². The number of anilines is 1. The molecule has 0 radical (unpaired) electrons. The van der Waals surface area contributed by atoms with Gasteiger partial charge in [-0.3, -0.25) is 25.7 Å². The van der Waals surface area contributed by atoms with Crippen LogP contribution < -0.4 is 5.43 Å². The van der Waals surface area contributed by atoms with Gasteiger partial charge in [-0.05, 0) is 37.3 Å². The number of hydrogen-bond donors (Lipinski definition) is 1. The second-order valence-corrected chi connectivity index (χ2v) is 5.61. The topological polar surface area (TPSA) is 111 Å². The van der Waals surface area contributed by atoms with E-state index < -0.39 is 9.85 Å². The smallest absolute Gasteiger partial charge is 0.271 e. The number of unbranched alkanes of at least 4 members (excludes halogenated alkanes) is 2. The molecule has 1 aromatic rings. The monoisotopic (exact) mass is 332 g/mol. The third kappa shape index (κ3) is 4.37. The molecule has 8 nitrogen and oxygen atoms in total. The Kier molecular flexibility index (Phi) is 6.00. The van der Waals surface area contributed by atoms with E-state index in [1.54, 1.807) is 0 Å². The van der Waals surface area contributed by atoms with Crippen molar-refractivity contribution in [3.8, 4) is 0 Å². The lowest BCUT2D eigenvalue weighted by Gasteiger charge is -2.07. The molecule has 0 saturated carbocycles.